The Morgan fingerprint density at radius 3 is 2.19 bits per heavy atom. The van der Waals surface area contributed by atoms with Crippen LogP contribution in [0.1, 0.15) is 38.1 Å². The third-order valence-corrected chi connectivity index (χ3v) is 1.73. The second kappa shape index (κ2) is 6.61. The van der Waals surface area contributed by atoms with Gasteiger partial charge in [0.2, 0.25) is 5.91 Å². The molecular weight excluding hydrogens is 204 g/mol. The minimum Gasteiger partial charge on any atom is -0.399 e. The molecule has 16 heavy (non-hydrogen) atoms. The van der Waals surface area contributed by atoms with Crippen LogP contribution in [0.15, 0.2) is 18.2 Å². The predicted molar refractivity (Wildman–Crippen MR) is 66.5 cm³/mol. The van der Waals surface area contributed by atoms with Gasteiger partial charge in [-0.15, -0.1) is 0 Å². The van der Waals surface area contributed by atoms with Crippen LogP contribution < -0.4 is 11.1 Å². The van der Waals surface area contributed by atoms with Crippen LogP contribution in [0.2, 0.25) is 0 Å². The Hall–Kier alpha value is -1.84. The van der Waals surface area contributed by atoms with Gasteiger partial charge < -0.3 is 11.1 Å². The standard InChI is InChI=1S/C10H12N2O2.C2H6/c1-6(13)9-5-8(11)3-4-10(9)12-7(2)14;1-2/h3-5H,11H2,1-2H3,(H,12,14);1-2H3. The summed E-state index contributed by atoms with van der Waals surface area (Å²) in [5, 5.41) is 2.57. The summed E-state index contributed by atoms with van der Waals surface area (Å²) in [7, 11) is 0. The Morgan fingerprint density at radius 2 is 1.75 bits per heavy atom. The third kappa shape index (κ3) is 4.13. The number of hydrogen-bond acceptors (Lipinski definition) is 3. The van der Waals surface area contributed by atoms with Crippen molar-refractivity contribution in [2.24, 2.45) is 0 Å². The van der Waals surface area contributed by atoms with Crippen molar-refractivity contribution < 1.29 is 9.59 Å². The number of nitrogens with one attached hydrogen (secondary N) is 1. The monoisotopic (exact) mass is 222 g/mol. The van der Waals surface area contributed by atoms with E-state index in [1.165, 1.54) is 13.8 Å². The zero-order valence-electron chi connectivity index (χ0n) is 10.1. The Morgan fingerprint density at radius 1 is 1.19 bits per heavy atom. The fourth-order valence-electron chi connectivity index (χ4n) is 1.15. The SMILES string of the molecule is CC.CC(=O)Nc1ccc(N)cc1C(C)=O. The molecule has 1 aromatic carbocycles. The van der Waals surface area contributed by atoms with E-state index in [-0.39, 0.29) is 11.7 Å². The summed E-state index contributed by atoms with van der Waals surface area (Å²) in [4.78, 5) is 22.0. The molecule has 1 aromatic rings. The largest absolute Gasteiger partial charge is 0.399 e. The highest BCUT2D eigenvalue weighted by atomic mass is 16.1. The quantitative estimate of drug-likeness (QED) is 0.596. The Labute approximate surface area is 95.8 Å². The van der Waals surface area contributed by atoms with Gasteiger partial charge in [0.1, 0.15) is 0 Å². The summed E-state index contributed by atoms with van der Waals surface area (Å²) in [6, 6.07) is 4.80. The lowest BCUT2D eigenvalue weighted by Crippen LogP contribution is -2.10. The van der Waals surface area contributed by atoms with E-state index in [0.717, 1.165) is 0 Å². The summed E-state index contributed by atoms with van der Waals surface area (Å²) >= 11 is 0. The molecule has 0 fully saturated rings. The highest BCUT2D eigenvalue weighted by Gasteiger charge is 2.08. The molecule has 0 aromatic heterocycles. The molecule has 0 heterocycles. The average Bonchev–Trinajstić information content (AvgIpc) is 2.23. The molecule has 3 N–H and O–H groups in total. The maximum atomic E-state index is 11.2. The highest BCUT2D eigenvalue weighted by Crippen LogP contribution is 2.19. The first-order chi connectivity index (χ1) is 7.50. The molecule has 0 bridgehead atoms. The molecule has 4 heteroatoms. The topological polar surface area (TPSA) is 72.2 Å². The summed E-state index contributed by atoms with van der Waals surface area (Å²) in [6.45, 7) is 6.82. The van der Waals surface area contributed by atoms with Gasteiger partial charge in [0.15, 0.2) is 5.78 Å². The van der Waals surface area contributed by atoms with Crippen LogP contribution in [-0.4, -0.2) is 11.7 Å². The molecule has 0 saturated carbocycles. The van der Waals surface area contributed by atoms with Crippen LogP contribution in [0, 0.1) is 0 Å². The van der Waals surface area contributed by atoms with E-state index in [9.17, 15) is 9.59 Å². The molecule has 88 valence electrons. The van der Waals surface area contributed by atoms with Crippen LogP contribution in [0.4, 0.5) is 11.4 Å². The van der Waals surface area contributed by atoms with Crippen molar-refractivity contribution in [1.82, 2.24) is 0 Å². The highest BCUT2D eigenvalue weighted by molar-refractivity contribution is 6.04. The molecule has 0 unspecified atom stereocenters. The van der Waals surface area contributed by atoms with Gasteiger partial charge in [-0.3, -0.25) is 9.59 Å². The van der Waals surface area contributed by atoms with Crippen molar-refractivity contribution in [3.05, 3.63) is 23.8 Å². The number of nitrogens with two attached hydrogens (primary N) is 1. The normalized spacial score (nSPS) is 8.75. The Bertz CT molecular complexity index is 387. The number of Topliss-reactive ketones (excluding diaryl/α,β-unsaturated/α-hetero) is 1. The molecule has 0 radical (unpaired) electrons. The maximum absolute atomic E-state index is 11.2. The summed E-state index contributed by atoms with van der Waals surface area (Å²) in [5.41, 5.74) is 6.97. The lowest BCUT2D eigenvalue weighted by molar-refractivity contribution is -0.114. The van der Waals surface area contributed by atoms with Crippen molar-refractivity contribution in [3.8, 4) is 0 Å². The maximum Gasteiger partial charge on any atom is 0.221 e. The van der Waals surface area contributed by atoms with E-state index < -0.39 is 0 Å². The number of carbonyl (C=O) groups excluding carboxylic acids is 2. The number of hydrogen-bond donors (Lipinski definition) is 2. The number of rotatable bonds is 2. The van der Waals surface area contributed by atoms with Crippen molar-refractivity contribution in [1.29, 1.82) is 0 Å². The predicted octanol–water partition coefficient (Wildman–Crippen LogP) is 2.46. The molecule has 0 aliphatic rings. The van der Waals surface area contributed by atoms with Crippen LogP contribution in [0.3, 0.4) is 0 Å². The van der Waals surface area contributed by atoms with Gasteiger partial charge in [-0.25, -0.2) is 0 Å². The van der Waals surface area contributed by atoms with E-state index in [1.807, 2.05) is 13.8 Å². The van der Waals surface area contributed by atoms with Crippen LogP contribution in [-0.2, 0) is 4.79 Å². The molecule has 4 nitrogen and oxygen atoms in total. The van der Waals surface area contributed by atoms with Gasteiger partial charge in [-0.05, 0) is 25.1 Å². The number of ketones is 1. The van der Waals surface area contributed by atoms with Crippen molar-refractivity contribution in [3.63, 3.8) is 0 Å². The Balaban J connectivity index is 0.00000106. The molecule has 1 rings (SSSR count). The first-order valence-electron chi connectivity index (χ1n) is 5.18. The molecule has 0 aliphatic heterocycles. The third-order valence-electron chi connectivity index (χ3n) is 1.73. The molecular formula is C12H18N2O2. The lowest BCUT2D eigenvalue weighted by Gasteiger charge is -2.07. The molecule has 0 spiro atoms. The van der Waals surface area contributed by atoms with E-state index in [1.54, 1.807) is 18.2 Å². The van der Waals surface area contributed by atoms with Gasteiger partial charge in [-0.2, -0.15) is 0 Å². The zero-order valence-corrected chi connectivity index (χ0v) is 10.1. The fourth-order valence-corrected chi connectivity index (χ4v) is 1.15. The molecule has 0 saturated heterocycles. The van der Waals surface area contributed by atoms with Gasteiger partial charge in [-0.1, -0.05) is 13.8 Å². The van der Waals surface area contributed by atoms with Gasteiger partial charge in [0.25, 0.3) is 0 Å². The van der Waals surface area contributed by atoms with E-state index in [4.69, 9.17) is 5.73 Å². The number of anilines is 2. The average molecular weight is 222 g/mol. The molecule has 1 amide bonds. The van der Waals surface area contributed by atoms with Crippen molar-refractivity contribution in [2.75, 3.05) is 11.1 Å². The first-order valence-corrected chi connectivity index (χ1v) is 5.18. The van der Waals surface area contributed by atoms with Crippen LogP contribution in [0.25, 0.3) is 0 Å². The second-order valence-electron chi connectivity index (χ2n) is 3.04. The number of amides is 1. The zero-order chi connectivity index (χ0) is 12.7. The van der Waals surface area contributed by atoms with Gasteiger partial charge in [0.05, 0.1) is 5.69 Å². The number of carbonyl (C=O) groups is 2. The van der Waals surface area contributed by atoms with Crippen LogP contribution >= 0.6 is 0 Å². The van der Waals surface area contributed by atoms with Crippen molar-refractivity contribution in [2.45, 2.75) is 27.7 Å². The number of benzene rings is 1. The van der Waals surface area contributed by atoms with Gasteiger partial charge >= 0.3 is 0 Å². The van der Waals surface area contributed by atoms with Gasteiger partial charge in [0, 0.05) is 18.2 Å². The Kier molecular flexibility index (Phi) is 5.85. The summed E-state index contributed by atoms with van der Waals surface area (Å²) in [5.74, 6) is -0.335. The summed E-state index contributed by atoms with van der Waals surface area (Å²) < 4.78 is 0. The minimum atomic E-state index is -0.211. The fraction of sp³-hybridized carbons (Fsp3) is 0.333. The smallest absolute Gasteiger partial charge is 0.221 e. The molecule has 0 atom stereocenters. The lowest BCUT2D eigenvalue weighted by atomic mass is 10.1. The molecule has 0 aliphatic carbocycles. The summed E-state index contributed by atoms with van der Waals surface area (Å²) in [6.07, 6.45) is 0. The minimum absolute atomic E-state index is 0.124. The first kappa shape index (κ1) is 14.2. The van der Waals surface area contributed by atoms with E-state index in [2.05, 4.69) is 5.32 Å². The van der Waals surface area contributed by atoms with E-state index >= 15 is 0 Å². The second-order valence-corrected chi connectivity index (χ2v) is 3.04. The van der Waals surface area contributed by atoms with Crippen LogP contribution in [0.5, 0.6) is 0 Å². The van der Waals surface area contributed by atoms with E-state index in [0.29, 0.717) is 16.9 Å². The number of nitrogen functional groups attached to an aromatic ring is 1. The van der Waals surface area contributed by atoms with Crippen molar-refractivity contribution >= 4 is 23.1 Å².